The highest BCUT2D eigenvalue weighted by Crippen LogP contribution is 2.34. The van der Waals surface area contributed by atoms with E-state index in [1.165, 1.54) is 12.1 Å². The molecule has 1 aromatic heterocycles. The number of alkyl halides is 3. The average molecular weight is 591 g/mol. The number of ketones is 2. The van der Waals surface area contributed by atoms with Gasteiger partial charge in [0.1, 0.15) is 0 Å². The number of carbonyl (C=O) groups excluding carboxylic acids is 2. The number of Topliss-reactive ketones (excluding diaryl/α,β-unsaturated/α-hetero) is 2. The summed E-state index contributed by atoms with van der Waals surface area (Å²) in [5.74, 6) is -0.315. The standard InChI is InChI=1S/C34H37F3N4O2/c1-21-5-6-23(11-28(21)17-38-29-14-27-13-26(22(2)42)16-32(27)39-18-29)12-33(43)24-7-8-25(31(15-24)34(35,36)37)19-41-10-9-30(20-41)40(3)4/h5-8,11,13-15,18,30,38H,9-10,12,16-17,19-20H2,1-4H3/t30-/m0/s1. The zero-order valence-corrected chi connectivity index (χ0v) is 25.0. The molecule has 3 aromatic rings. The Morgan fingerprint density at radius 3 is 2.58 bits per heavy atom. The van der Waals surface area contributed by atoms with Crippen molar-refractivity contribution in [3.8, 4) is 0 Å². The molecule has 2 aromatic carbocycles. The lowest BCUT2D eigenvalue weighted by molar-refractivity contribution is -0.138. The predicted octanol–water partition coefficient (Wildman–Crippen LogP) is 6.11. The molecule has 1 saturated heterocycles. The van der Waals surface area contributed by atoms with E-state index in [0.717, 1.165) is 64.8 Å². The highest BCUT2D eigenvalue weighted by molar-refractivity contribution is 6.00. The summed E-state index contributed by atoms with van der Waals surface area (Å²) >= 11 is 0. The zero-order chi connectivity index (χ0) is 30.9. The fourth-order valence-corrected chi connectivity index (χ4v) is 5.80. The van der Waals surface area contributed by atoms with Crippen LogP contribution in [0.25, 0.3) is 6.08 Å². The number of nitrogens with zero attached hydrogens (tertiary/aromatic N) is 3. The van der Waals surface area contributed by atoms with Gasteiger partial charge in [-0.3, -0.25) is 19.5 Å². The predicted molar refractivity (Wildman–Crippen MR) is 162 cm³/mol. The lowest BCUT2D eigenvalue weighted by Gasteiger charge is -2.22. The summed E-state index contributed by atoms with van der Waals surface area (Å²) in [4.78, 5) is 33.5. The van der Waals surface area contributed by atoms with Gasteiger partial charge in [-0.2, -0.15) is 13.2 Å². The fraction of sp³-hybridized carbons (Fsp3) is 0.382. The number of aryl methyl sites for hydroxylation is 1. The van der Waals surface area contributed by atoms with Gasteiger partial charge in [-0.25, -0.2) is 0 Å². The van der Waals surface area contributed by atoms with Crippen LogP contribution in [0.2, 0.25) is 0 Å². The zero-order valence-electron chi connectivity index (χ0n) is 25.0. The summed E-state index contributed by atoms with van der Waals surface area (Å²) in [6, 6.07) is 12.0. The maximum atomic E-state index is 14.1. The van der Waals surface area contributed by atoms with Crippen LogP contribution in [-0.2, 0) is 36.9 Å². The first-order chi connectivity index (χ1) is 20.4. The van der Waals surface area contributed by atoms with Crippen molar-refractivity contribution in [3.05, 3.63) is 98.9 Å². The minimum Gasteiger partial charge on any atom is -0.380 e. The van der Waals surface area contributed by atoms with E-state index in [9.17, 15) is 22.8 Å². The summed E-state index contributed by atoms with van der Waals surface area (Å²) in [5, 5.41) is 3.36. The second-order valence-corrected chi connectivity index (χ2v) is 11.9. The van der Waals surface area contributed by atoms with Crippen LogP contribution in [0.15, 0.2) is 54.2 Å². The second-order valence-electron chi connectivity index (χ2n) is 11.9. The number of rotatable bonds is 10. The molecule has 2 heterocycles. The van der Waals surface area contributed by atoms with Crippen LogP contribution in [0.1, 0.15) is 62.8 Å². The SMILES string of the molecule is CC(=O)C1=Cc2cc(NCc3cc(CC(=O)c4ccc(CN5CC[C@H](N(C)C)C5)c(C(F)(F)F)c4)ccc3C)cnc2C1. The molecule has 0 bridgehead atoms. The number of hydrogen-bond donors (Lipinski definition) is 1. The third kappa shape index (κ3) is 7.22. The molecule has 0 saturated carbocycles. The molecule has 6 nitrogen and oxygen atoms in total. The molecule has 1 atom stereocenters. The lowest BCUT2D eigenvalue weighted by Crippen LogP contribution is -2.31. The molecule has 1 N–H and O–H groups in total. The van der Waals surface area contributed by atoms with Crippen molar-refractivity contribution >= 4 is 23.3 Å². The number of pyridine rings is 1. The Hall–Kier alpha value is -3.82. The number of aromatic nitrogens is 1. The maximum Gasteiger partial charge on any atom is 0.416 e. The normalized spacial score (nSPS) is 16.8. The number of benzene rings is 2. The monoisotopic (exact) mass is 590 g/mol. The minimum atomic E-state index is -4.55. The molecular weight excluding hydrogens is 553 g/mol. The van der Waals surface area contributed by atoms with Crippen molar-refractivity contribution in [1.29, 1.82) is 0 Å². The highest BCUT2D eigenvalue weighted by atomic mass is 19.4. The average Bonchev–Trinajstić information content (AvgIpc) is 3.60. The van der Waals surface area contributed by atoms with Gasteiger partial charge in [0, 0.05) is 56.2 Å². The quantitative estimate of drug-likeness (QED) is 0.288. The van der Waals surface area contributed by atoms with E-state index in [-0.39, 0.29) is 35.7 Å². The van der Waals surface area contributed by atoms with E-state index in [2.05, 4.69) is 15.2 Å². The van der Waals surface area contributed by atoms with E-state index in [0.29, 0.717) is 19.0 Å². The number of allylic oxidation sites excluding steroid dienone is 1. The molecule has 226 valence electrons. The summed E-state index contributed by atoms with van der Waals surface area (Å²) < 4.78 is 42.2. The Morgan fingerprint density at radius 1 is 1.09 bits per heavy atom. The van der Waals surface area contributed by atoms with E-state index >= 15 is 0 Å². The maximum absolute atomic E-state index is 14.1. The number of halogens is 3. The van der Waals surface area contributed by atoms with Crippen LogP contribution >= 0.6 is 0 Å². The number of likely N-dealkylation sites (tertiary alicyclic amines) is 1. The van der Waals surface area contributed by atoms with Crippen LogP contribution in [0.4, 0.5) is 18.9 Å². The number of hydrogen-bond acceptors (Lipinski definition) is 6. The summed E-state index contributed by atoms with van der Waals surface area (Å²) in [6.45, 7) is 5.67. The van der Waals surface area contributed by atoms with Crippen LogP contribution in [0, 0.1) is 6.92 Å². The first kappa shape index (κ1) is 30.6. The van der Waals surface area contributed by atoms with Gasteiger partial charge in [0.25, 0.3) is 0 Å². The molecule has 0 amide bonds. The van der Waals surface area contributed by atoms with Gasteiger partial charge in [-0.15, -0.1) is 0 Å². The summed E-state index contributed by atoms with van der Waals surface area (Å²) in [5.41, 5.74) is 5.61. The fourth-order valence-electron chi connectivity index (χ4n) is 5.80. The summed E-state index contributed by atoms with van der Waals surface area (Å²) in [6.07, 6.45) is 0.525. The van der Waals surface area contributed by atoms with Crippen LogP contribution < -0.4 is 5.32 Å². The Labute approximate surface area is 250 Å². The third-order valence-electron chi connectivity index (χ3n) is 8.51. The Kier molecular flexibility index (Phi) is 8.85. The summed E-state index contributed by atoms with van der Waals surface area (Å²) in [7, 11) is 3.97. The van der Waals surface area contributed by atoms with Crippen molar-refractivity contribution in [3.63, 3.8) is 0 Å². The lowest BCUT2D eigenvalue weighted by atomic mass is 9.96. The van der Waals surface area contributed by atoms with Crippen molar-refractivity contribution in [1.82, 2.24) is 14.8 Å². The second kappa shape index (κ2) is 12.4. The van der Waals surface area contributed by atoms with Crippen molar-refractivity contribution in [2.75, 3.05) is 32.5 Å². The molecule has 0 spiro atoms. The van der Waals surface area contributed by atoms with Crippen LogP contribution in [-0.4, -0.2) is 59.6 Å². The van der Waals surface area contributed by atoms with E-state index in [1.54, 1.807) is 13.1 Å². The van der Waals surface area contributed by atoms with Crippen molar-refractivity contribution in [2.24, 2.45) is 0 Å². The molecule has 1 fully saturated rings. The molecule has 1 aliphatic carbocycles. The van der Waals surface area contributed by atoms with Crippen LogP contribution in [0.5, 0.6) is 0 Å². The number of nitrogens with one attached hydrogen (secondary N) is 1. The number of anilines is 1. The largest absolute Gasteiger partial charge is 0.416 e. The number of likely N-dealkylation sites (N-methyl/N-ethyl adjacent to an activating group) is 1. The van der Waals surface area contributed by atoms with E-state index in [4.69, 9.17) is 0 Å². The first-order valence-corrected chi connectivity index (χ1v) is 14.5. The highest BCUT2D eigenvalue weighted by Gasteiger charge is 2.35. The topological polar surface area (TPSA) is 65.5 Å². The van der Waals surface area contributed by atoms with Crippen molar-refractivity contribution < 1.29 is 22.8 Å². The number of carbonyl (C=O) groups is 2. The van der Waals surface area contributed by atoms with E-state index in [1.807, 2.05) is 56.3 Å². The smallest absolute Gasteiger partial charge is 0.380 e. The van der Waals surface area contributed by atoms with Gasteiger partial charge in [0.05, 0.1) is 23.1 Å². The molecule has 2 aliphatic rings. The molecule has 9 heteroatoms. The van der Waals surface area contributed by atoms with Gasteiger partial charge < -0.3 is 10.2 Å². The number of fused-ring (bicyclic) bond motifs is 1. The van der Waals surface area contributed by atoms with E-state index < -0.39 is 11.7 Å². The molecule has 5 rings (SSSR count). The molecule has 1 aliphatic heterocycles. The Morgan fingerprint density at radius 2 is 1.88 bits per heavy atom. The first-order valence-electron chi connectivity index (χ1n) is 14.5. The van der Waals surface area contributed by atoms with Gasteiger partial charge in [-0.1, -0.05) is 30.3 Å². The molecular formula is C34H37F3N4O2. The Balaban J connectivity index is 1.27. The van der Waals surface area contributed by atoms with Gasteiger partial charge >= 0.3 is 6.18 Å². The van der Waals surface area contributed by atoms with Crippen LogP contribution in [0.3, 0.4) is 0 Å². The van der Waals surface area contributed by atoms with Gasteiger partial charge in [0.15, 0.2) is 11.6 Å². The minimum absolute atomic E-state index is 0.000415. The van der Waals surface area contributed by atoms with Gasteiger partial charge in [0.2, 0.25) is 0 Å². The molecule has 43 heavy (non-hydrogen) atoms. The molecule has 0 radical (unpaired) electrons. The Bertz CT molecular complexity index is 1580. The van der Waals surface area contributed by atoms with Crippen molar-refractivity contribution in [2.45, 2.75) is 58.4 Å². The molecule has 0 unspecified atom stereocenters. The van der Waals surface area contributed by atoms with Gasteiger partial charge in [-0.05, 0) is 80.4 Å². The third-order valence-corrected chi connectivity index (χ3v) is 8.51.